The number of rotatable bonds is 5. The Morgan fingerprint density at radius 3 is 2.60 bits per heavy atom. The van der Waals surface area contributed by atoms with Crippen LogP contribution in [-0.4, -0.2) is 61.5 Å². The highest BCUT2D eigenvalue weighted by Crippen LogP contribution is 2.39. The first-order valence-electron chi connectivity index (χ1n) is 9.86. The number of aromatic nitrogens is 2. The largest absolute Gasteiger partial charge is 0.452 e. The van der Waals surface area contributed by atoms with Gasteiger partial charge < -0.3 is 14.2 Å². The molecule has 2 amide bonds. The predicted molar refractivity (Wildman–Crippen MR) is 113 cm³/mol. The van der Waals surface area contributed by atoms with Gasteiger partial charge in [-0.15, -0.1) is 0 Å². The van der Waals surface area contributed by atoms with E-state index in [0.717, 1.165) is 11.1 Å². The molecule has 30 heavy (non-hydrogen) atoms. The minimum absolute atomic E-state index is 0.253. The highest BCUT2D eigenvalue weighted by molar-refractivity contribution is 6.01. The zero-order valence-electron chi connectivity index (χ0n) is 18.0. The van der Waals surface area contributed by atoms with Crippen LogP contribution >= 0.6 is 0 Å². The van der Waals surface area contributed by atoms with Crippen LogP contribution in [0.2, 0.25) is 0 Å². The van der Waals surface area contributed by atoms with E-state index in [9.17, 15) is 9.59 Å². The maximum absolute atomic E-state index is 12.8. The summed E-state index contributed by atoms with van der Waals surface area (Å²) in [6.45, 7) is 6.97. The number of hydrogen-bond donors (Lipinski definition) is 0. The number of hydrogen-bond acceptors (Lipinski definition) is 6. The van der Waals surface area contributed by atoms with Crippen LogP contribution in [0.3, 0.4) is 0 Å². The van der Waals surface area contributed by atoms with Crippen LogP contribution in [0.4, 0.5) is 21.0 Å². The van der Waals surface area contributed by atoms with Crippen molar-refractivity contribution in [2.75, 3.05) is 37.2 Å². The topological polar surface area (TPSA) is 86.1 Å². The summed E-state index contributed by atoms with van der Waals surface area (Å²) in [7, 11) is 2.99. The van der Waals surface area contributed by atoms with E-state index in [1.54, 1.807) is 41.6 Å². The molecule has 1 aliphatic rings. The van der Waals surface area contributed by atoms with E-state index in [0.29, 0.717) is 31.1 Å². The Labute approximate surface area is 176 Å². The minimum Gasteiger partial charge on any atom is -0.452 e. The summed E-state index contributed by atoms with van der Waals surface area (Å²) in [5.74, 6) is 0. The standard InChI is InChI=1S/C21H28N4O5/c1-14(2)30-20(26)24-12-15(3)25(21(27)29-5)18-7-6-16(10-19(18)24)17-11-22-23(13-17)8-9-28-4/h6-7,10-11,13-15H,8-9,12H2,1-5H3/t15-/m0/s1. The van der Waals surface area contributed by atoms with E-state index in [4.69, 9.17) is 14.2 Å². The molecule has 0 fully saturated rings. The first-order chi connectivity index (χ1) is 14.3. The molecule has 1 aliphatic heterocycles. The lowest BCUT2D eigenvalue weighted by Gasteiger charge is -2.40. The Bertz CT molecular complexity index is 911. The van der Waals surface area contributed by atoms with Crippen LogP contribution in [0.1, 0.15) is 20.8 Å². The lowest BCUT2D eigenvalue weighted by Crippen LogP contribution is -2.52. The van der Waals surface area contributed by atoms with Crippen molar-refractivity contribution in [2.45, 2.75) is 39.5 Å². The van der Waals surface area contributed by atoms with Crippen LogP contribution < -0.4 is 9.80 Å². The minimum atomic E-state index is -0.472. The van der Waals surface area contributed by atoms with Gasteiger partial charge in [-0.25, -0.2) is 9.59 Å². The quantitative estimate of drug-likeness (QED) is 0.741. The average molecular weight is 416 g/mol. The molecule has 1 atom stereocenters. The average Bonchev–Trinajstić information content (AvgIpc) is 3.19. The maximum Gasteiger partial charge on any atom is 0.414 e. The summed E-state index contributed by atoms with van der Waals surface area (Å²) in [4.78, 5) is 28.3. The van der Waals surface area contributed by atoms with Gasteiger partial charge in [0.25, 0.3) is 0 Å². The van der Waals surface area contributed by atoms with Crippen LogP contribution in [0.25, 0.3) is 11.1 Å². The summed E-state index contributed by atoms with van der Waals surface area (Å²) < 4.78 is 17.3. The molecule has 2 heterocycles. The second kappa shape index (κ2) is 9.17. The number of nitrogens with zero attached hydrogens (tertiary/aromatic N) is 4. The van der Waals surface area contributed by atoms with Gasteiger partial charge in [-0.3, -0.25) is 14.5 Å². The number of anilines is 2. The van der Waals surface area contributed by atoms with E-state index in [-0.39, 0.29) is 12.1 Å². The third-order valence-corrected chi connectivity index (χ3v) is 4.83. The third kappa shape index (κ3) is 4.40. The summed E-state index contributed by atoms with van der Waals surface area (Å²) in [6, 6.07) is 5.32. The Hall–Kier alpha value is -3.07. The highest BCUT2D eigenvalue weighted by Gasteiger charge is 2.36. The van der Waals surface area contributed by atoms with Gasteiger partial charge >= 0.3 is 12.2 Å². The summed E-state index contributed by atoms with van der Waals surface area (Å²) in [5, 5.41) is 4.35. The van der Waals surface area contributed by atoms with Crippen LogP contribution in [0, 0.1) is 0 Å². The molecular formula is C21H28N4O5. The van der Waals surface area contributed by atoms with Crippen LogP contribution in [0.15, 0.2) is 30.6 Å². The SMILES string of the molecule is COCCn1cc(-c2ccc3c(c2)N(C(=O)OC(C)C)C[C@H](C)N3C(=O)OC)cn1. The van der Waals surface area contributed by atoms with E-state index in [1.807, 2.05) is 31.3 Å². The molecule has 0 radical (unpaired) electrons. The molecule has 2 aromatic rings. The predicted octanol–water partition coefficient (Wildman–Crippen LogP) is 3.52. The Balaban J connectivity index is 2.02. The second-order valence-electron chi connectivity index (χ2n) is 7.42. The fraction of sp³-hybridized carbons (Fsp3) is 0.476. The van der Waals surface area contributed by atoms with Crippen LogP contribution in [-0.2, 0) is 20.8 Å². The monoisotopic (exact) mass is 416 g/mol. The van der Waals surface area contributed by atoms with E-state index in [1.165, 1.54) is 7.11 Å². The molecule has 0 saturated heterocycles. The van der Waals surface area contributed by atoms with Crippen LogP contribution in [0.5, 0.6) is 0 Å². The zero-order valence-corrected chi connectivity index (χ0v) is 18.0. The van der Waals surface area contributed by atoms with Gasteiger partial charge in [0, 0.05) is 18.9 Å². The van der Waals surface area contributed by atoms with Crippen molar-refractivity contribution in [1.29, 1.82) is 0 Å². The first kappa shape index (κ1) is 21.6. The van der Waals surface area contributed by atoms with Gasteiger partial charge in [0.1, 0.15) is 0 Å². The lowest BCUT2D eigenvalue weighted by molar-refractivity contribution is 0.121. The Morgan fingerprint density at radius 1 is 1.17 bits per heavy atom. The Morgan fingerprint density at radius 2 is 1.93 bits per heavy atom. The number of methoxy groups -OCH3 is 2. The molecule has 162 valence electrons. The van der Waals surface area contributed by atoms with Crippen molar-refractivity contribution >= 4 is 23.6 Å². The van der Waals surface area contributed by atoms with Crippen molar-refractivity contribution in [3.05, 3.63) is 30.6 Å². The van der Waals surface area contributed by atoms with Crippen molar-refractivity contribution < 1.29 is 23.8 Å². The highest BCUT2D eigenvalue weighted by atomic mass is 16.6. The molecule has 1 aromatic heterocycles. The number of carbonyl (C=O) groups excluding carboxylic acids is 2. The van der Waals surface area contributed by atoms with Gasteiger partial charge in [-0.1, -0.05) is 6.07 Å². The van der Waals surface area contributed by atoms with Crippen molar-refractivity contribution in [3.8, 4) is 11.1 Å². The molecule has 0 unspecified atom stereocenters. The first-order valence-corrected chi connectivity index (χ1v) is 9.86. The maximum atomic E-state index is 12.8. The number of benzene rings is 1. The molecular weight excluding hydrogens is 388 g/mol. The lowest BCUT2D eigenvalue weighted by atomic mass is 10.0. The zero-order chi connectivity index (χ0) is 21.8. The van der Waals surface area contributed by atoms with Crippen molar-refractivity contribution in [1.82, 2.24) is 9.78 Å². The van der Waals surface area contributed by atoms with Crippen molar-refractivity contribution in [2.24, 2.45) is 0 Å². The number of ether oxygens (including phenoxy) is 3. The van der Waals surface area contributed by atoms with E-state index < -0.39 is 12.2 Å². The van der Waals surface area contributed by atoms with Gasteiger partial charge in [-0.2, -0.15) is 5.10 Å². The third-order valence-electron chi connectivity index (χ3n) is 4.83. The van der Waals surface area contributed by atoms with Gasteiger partial charge in [0.05, 0.1) is 56.5 Å². The molecule has 0 saturated carbocycles. The fourth-order valence-electron chi connectivity index (χ4n) is 3.44. The molecule has 0 bridgehead atoms. The number of carbonyl (C=O) groups is 2. The number of amides is 2. The molecule has 9 heteroatoms. The second-order valence-corrected chi connectivity index (χ2v) is 7.42. The van der Waals surface area contributed by atoms with Gasteiger partial charge in [0.2, 0.25) is 0 Å². The van der Waals surface area contributed by atoms with E-state index >= 15 is 0 Å². The normalized spacial score (nSPS) is 15.9. The molecule has 0 aliphatic carbocycles. The van der Waals surface area contributed by atoms with Gasteiger partial charge in [0.15, 0.2) is 0 Å². The smallest absolute Gasteiger partial charge is 0.414 e. The number of fused-ring (bicyclic) bond motifs is 1. The van der Waals surface area contributed by atoms with Crippen molar-refractivity contribution in [3.63, 3.8) is 0 Å². The molecule has 1 aromatic carbocycles. The Kier molecular flexibility index (Phi) is 6.61. The van der Waals surface area contributed by atoms with E-state index in [2.05, 4.69) is 5.10 Å². The van der Waals surface area contributed by atoms with Gasteiger partial charge in [-0.05, 0) is 38.5 Å². The summed E-state index contributed by atoms with van der Waals surface area (Å²) >= 11 is 0. The fourth-order valence-corrected chi connectivity index (χ4v) is 3.44. The summed E-state index contributed by atoms with van der Waals surface area (Å²) in [5.41, 5.74) is 2.96. The molecule has 0 N–H and O–H groups in total. The molecule has 3 rings (SSSR count). The summed E-state index contributed by atoms with van der Waals surface area (Å²) in [6.07, 6.45) is 2.51. The molecule has 0 spiro atoms. The molecule has 9 nitrogen and oxygen atoms in total.